The fourth-order valence-corrected chi connectivity index (χ4v) is 4.63. The maximum Gasteiger partial charge on any atom is 0.416 e. The molecule has 0 saturated heterocycles. The first-order valence-electron chi connectivity index (χ1n) is 9.29. The van der Waals surface area contributed by atoms with Crippen LogP contribution in [0.2, 0.25) is 0 Å². The quantitative estimate of drug-likeness (QED) is 0.399. The normalized spacial score (nSPS) is 11.8. The van der Waals surface area contributed by atoms with E-state index < -0.39 is 34.2 Å². The minimum Gasteiger partial charge on any atom is -0.325 e. The summed E-state index contributed by atoms with van der Waals surface area (Å²) in [6, 6.07) is 16.5. The van der Waals surface area contributed by atoms with Crippen LogP contribution in [-0.2, 0) is 21.0 Å². The van der Waals surface area contributed by atoms with Gasteiger partial charge >= 0.3 is 6.18 Å². The van der Waals surface area contributed by atoms with Gasteiger partial charge in [0, 0.05) is 9.26 Å². The summed E-state index contributed by atoms with van der Waals surface area (Å²) in [6.07, 6.45) is -4.67. The summed E-state index contributed by atoms with van der Waals surface area (Å²) >= 11 is 2.09. The number of nitrogens with one attached hydrogen (secondary N) is 1. The number of halogens is 4. The maximum absolute atomic E-state index is 13.3. The summed E-state index contributed by atoms with van der Waals surface area (Å²) < 4.78 is 67.9. The van der Waals surface area contributed by atoms with Gasteiger partial charge in [-0.05, 0) is 84.1 Å². The average Bonchev–Trinajstić information content (AvgIpc) is 2.73. The van der Waals surface area contributed by atoms with Crippen molar-refractivity contribution >= 4 is 49.9 Å². The number of benzene rings is 3. The van der Waals surface area contributed by atoms with Gasteiger partial charge in [-0.1, -0.05) is 23.8 Å². The van der Waals surface area contributed by atoms with Crippen molar-refractivity contribution in [2.75, 3.05) is 16.2 Å². The molecule has 0 heterocycles. The molecule has 3 aromatic carbocycles. The monoisotopic (exact) mass is 574 g/mol. The summed E-state index contributed by atoms with van der Waals surface area (Å²) in [5, 5.41) is 2.58. The molecule has 0 saturated carbocycles. The zero-order valence-corrected chi connectivity index (χ0v) is 19.7. The van der Waals surface area contributed by atoms with Crippen molar-refractivity contribution in [1.82, 2.24) is 0 Å². The van der Waals surface area contributed by atoms with Crippen molar-refractivity contribution < 1.29 is 26.4 Å². The topological polar surface area (TPSA) is 66.5 Å². The van der Waals surface area contributed by atoms with E-state index in [0.717, 1.165) is 21.3 Å². The number of nitrogens with zero attached hydrogens (tertiary/aromatic N) is 1. The Bertz CT molecular complexity index is 1210. The van der Waals surface area contributed by atoms with Crippen LogP contribution in [0.1, 0.15) is 11.1 Å². The van der Waals surface area contributed by atoms with Crippen molar-refractivity contribution in [3.8, 4) is 0 Å². The van der Waals surface area contributed by atoms with E-state index in [2.05, 4.69) is 27.9 Å². The molecule has 1 amide bonds. The molecular weight excluding hydrogens is 556 g/mol. The highest BCUT2D eigenvalue weighted by atomic mass is 127. The van der Waals surface area contributed by atoms with Gasteiger partial charge in [0.1, 0.15) is 6.54 Å². The van der Waals surface area contributed by atoms with E-state index in [-0.39, 0.29) is 10.6 Å². The second-order valence-electron chi connectivity index (χ2n) is 6.93. The highest BCUT2D eigenvalue weighted by Crippen LogP contribution is 2.33. The highest BCUT2D eigenvalue weighted by molar-refractivity contribution is 14.1. The third-order valence-corrected chi connectivity index (χ3v) is 6.99. The van der Waals surface area contributed by atoms with Crippen LogP contribution >= 0.6 is 22.6 Å². The number of sulfonamides is 1. The zero-order chi connectivity index (χ0) is 23.5. The number of aryl methyl sites for hydroxylation is 1. The number of carbonyl (C=O) groups excluding carboxylic acids is 1. The van der Waals surface area contributed by atoms with E-state index in [4.69, 9.17) is 0 Å². The SMILES string of the molecule is Cc1ccc(S(=O)(=O)N(CC(=O)Nc2ccc(I)cc2)c2cccc(C(F)(F)F)c2)cc1. The molecule has 0 aliphatic rings. The lowest BCUT2D eigenvalue weighted by Gasteiger charge is -2.25. The van der Waals surface area contributed by atoms with Gasteiger partial charge in [-0.2, -0.15) is 13.2 Å². The molecule has 0 aliphatic carbocycles. The van der Waals surface area contributed by atoms with Crippen LogP contribution in [-0.4, -0.2) is 20.9 Å². The summed E-state index contributed by atoms with van der Waals surface area (Å²) in [5.74, 6) is -0.695. The molecule has 1 N–H and O–H groups in total. The summed E-state index contributed by atoms with van der Waals surface area (Å²) in [5.41, 5.74) is -0.0338. The predicted molar refractivity (Wildman–Crippen MR) is 125 cm³/mol. The van der Waals surface area contributed by atoms with Crippen LogP contribution < -0.4 is 9.62 Å². The Kier molecular flexibility index (Phi) is 7.13. The minimum atomic E-state index is -4.67. The number of hydrogen-bond acceptors (Lipinski definition) is 3. The van der Waals surface area contributed by atoms with Crippen molar-refractivity contribution in [3.05, 3.63) is 87.5 Å². The largest absolute Gasteiger partial charge is 0.416 e. The van der Waals surface area contributed by atoms with Gasteiger partial charge in [0.25, 0.3) is 10.0 Å². The Morgan fingerprint density at radius 1 is 1.00 bits per heavy atom. The van der Waals surface area contributed by atoms with Crippen LogP contribution in [0.5, 0.6) is 0 Å². The molecule has 5 nitrogen and oxygen atoms in total. The van der Waals surface area contributed by atoms with E-state index >= 15 is 0 Å². The average molecular weight is 574 g/mol. The molecule has 10 heteroatoms. The Morgan fingerprint density at radius 2 is 1.62 bits per heavy atom. The molecule has 0 radical (unpaired) electrons. The van der Waals surface area contributed by atoms with Crippen molar-refractivity contribution in [2.45, 2.75) is 18.0 Å². The van der Waals surface area contributed by atoms with Crippen molar-refractivity contribution in [1.29, 1.82) is 0 Å². The van der Waals surface area contributed by atoms with Crippen molar-refractivity contribution in [3.63, 3.8) is 0 Å². The summed E-state index contributed by atoms with van der Waals surface area (Å²) in [6.45, 7) is 1.07. The molecule has 3 rings (SSSR count). The standard InChI is InChI=1S/C22H18F3IN2O3S/c1-15-5-11-20(12-6-15)32(30,31)28(19-4-2-3-16(13-19)22(23,24)25)14-21(29)27-18-9-7-17(26)8-10-18/h2-13H,14H2,1H3,(H,27,29). The lowest BCUT2D eigenvalue weighted by atomic mass is 10.2. The van der Waals surface area contributed by atoms with E-state index in [1.54, 1.807) is 43.3 Å². The maximum atomic E-state index is 13.3. The molecule has 0 atom stereocenters. The first-order valence-corrected chi connectivity index (χ1v) is 11.8. The number of hydrogen-bond donors (Lipinski definition) is 1. The second kappa shape index (κ2) is 9.49. The van der Waals surface area contributed by atoms with E-state index in [1.165, 1.54) is 18.2 Å². The Labute approximate surface area is 197 Å². The van der Waals surface area contributed by atoms with Crippen LogP contribution in [0, 0.1) is 10.5 Å². The number of carbonyl (C=O) groups is 1. The predicted octanol–water partition coefficient (Wildman–Crippen LogP) is 5.45. The van der Waals surface area contributed by atoms with Crippen LogP contribution in [0.25, 0.3) is 0 Å². The molecule has 0 spiro atoms. The van der Waals surface area contributed by atoms with Crippen LogP contribution in [0.3, 0.4) is 0 Å². The third-order valence-electron chi connectivity index (χ3n) is 4.49. The second-order valence-corrected chi connectivity index (χ2v) is 10.0. The van der Waals surface area contributed by atoms with Gasteiger partial charge in [0.2, 0.25) is 5.91 Å². The Balaban J connectivity index is 2.00. The minimum absolute atomic E-state index is 0.137. The van der Waals surface area contributed by atoms with Crippen LogP contribution in [0.15, 0.2) is 77.7 Å². The lowest BCUT2D eigenvalue weighted by molar-refractivity contribution is -0.137. The fourth-order valence-electron chi connectivity index (χ4n) is 2.85. The first kappa shape index (κ1) is 24.1. The van der Waals surface area contributed by atoms with E-state index in [0.29, 0.717) is 16.1 Å². The molecule has 0 aliphatic heterocycles. The van der Waals surface area contributed by atoms with Crippen LogP contribution in [0.4, 0.5) is 24.5 Å². The molecule has 32 heavy (non-hydrogen) atoms. The van der Waals surface area contributed by atoms with Gasteiger partial charge in [0.15, 0.2) is 0 Å². The van der Waals surface area contributed by atoms with Gasteiger partial charge < -0.3 is 5.32 Å². The van der Waals surface area contributed by atoms with Gasteiger partial charge in [0.05, 0.1) is 16.1 Å². The molecule has 0 unspecified atom stereocenters. The van der Waals surface area contributed by atoms with Gasteiger partial charge in [-0.3, -0.25) is 9.10 Å². The highest BCUT2D eigenvalue weighted by Gasteiger charge is 2.33. The summed E-state index contributed by atoms with van der Waals surface area (Å²) in [4.78, 5) is 12.5. The van der Waals surface area contributed by atoms with E-state index in [1.807, 2.05) is 0 Å². The summed E-state index contributed by atoms with van der Waals surface area (Å²) in [7, 11) is -4.32. The number of alkyl halides is 3. The number of amides is 1. The molecular formula is C22H18F3IN2O3S. The number of rotatable bonds is 6. The Hall–Kier alpha value is -2.60. The smallest absolute Gasteiger partial charge is 0.325 e. The molecule has 3 aromatic rings. The Morgan fingerprint density at radius 3 is 2.22 bits per heavy atom. The first-order chi connectivity index (χ1) is 15.0. The zero-order valence-electron chi connectivity index (χ0n) is 16.7. The van der Waals surface area contributed by atoms with Gasteiger partial charge in [-0.15, -0.1) is 0 Å². The molecule has 168 valence electrons. The molecule has 0 bridgehead atoms. The fraction of sp³-hybridized carbons (Fsp3) is 0.136. The van der Waals surface area contributed by atoms with Gasteiger partial charge in [-0.25, -0.2) is 8.42 Å². The van der Waals surface area contributed by atoms with E-state index in [9.17, 15) is 26.4 Å². The lowest BCUT2D eigenvalue weighted by Crippen LogP contribution is -2.38. The third kappa shape index (κ3) is 5.80. The molecule has 0 fully saturated rings. The molecule has 0 aromatic heterocycles. The van der Waals surface area contributed by atoms with Crippen molar-refractivity contribution in [2.24, 2.45) is 0 Å². The number of anilines is 2.